The third-order valence-corrected chi connectivity index (χ3v) is 8.27. The number of hydrogen-bond acceptors (Lipinski definition) is 8. The van der Waals surface area contributed by atoms with Crippen molar-refractivity contribution in [2.45, 2.75) is 36.7 Å². The molecular formula is C22H22FN5O6S2. The second kappa shape index (κ2) is 8.55. The lowest BCUT2D eigenvalue weighted by Gasteiger charge is -2.38. The molecule has 3 heterocycles. The number of halogens is 1. The number of hydrogen-bond donors (Lipinski definition) is 3. The average molecular weight is 536 g/mol. The molecule has 1 aliphatic carbocycles. The first-order valence-electron chi connectivity index (χ1n) is 11.0. The summed E-state index contributed by atoms with van der Waals surface area (Å²) < 4.78 is 68.4. The molecule has 36 heavy (non-hydrogen) atoms. The summed E-state index contributed by atoms with van der Waals surface area (Å²) in [4.78, 5) is 18.9. The van der Waals surface area contributed by atoms with Crippen molar-refractivity contribution in [1.29, 1.82) is 0 Å². The van der Waals surface area contributed by atoms with Gasteiger partial charge in [0.2, 0.25) is 10.0 Å². The largest absolute Gasteiger partial charge is 0.511 e. The van der Waals surface area contributed by atoms with Gasteiger partial charge >= 0.3 is 0 Å². The van der Waals surface area contributed by atoms with Crippen molar-refractivity contribution in [3.05, 3.63) is 59.4 Å². The maximum Gasteiger partial charge on any atom is 0.286 e. The summed E-state index contributed by atoms with van der Waals surface area (Å²) >= 11 is 0. The van der Waals surface area contributed by atoms with Gasteiger partial charge in [0.15, 0.2) is 5.84 Å². The molecule has 0 unspecified atom stereocenters. The van der Waals surface area contributed by atoms with Crippen LogP contribution in [-0.2, 0) is 31.4 Å². The highest BCUT2D eigenvalue weighted by Crippen LogP contribution is 2.42. The summed E-state index contributed by atoms with van der Waals surface area (Å²) in [6.07, 6.45) is 3.98. The number of amidine groups is 1. The molecule has 1 fully saturated rings. The van der Waals surface area contributed by atoms with E-state index < -0.39 is 37.7 Å². The molecule has 1 saturated carbocycles. The smallest absolute Gasteiger partial charge is 0.286 e. The third-order valence-electron chi connectivity index (χ3n) is 6.35. The highest BCUT2D eigenvalue weighted by atomic mass is 32.2. The number of rotatable bonds is 5. The van der Waals surface area contributed by atoms with Crippen molar-refractivity contribution in [1.82, 2.24) is 9.88 Å². The molecule has 0 radical (unpaired) electrons. The molecule has 2 aromatic rings. The Balaban J connectivity index is 1.53. The van der Waals surface area contributed by atoms with Crippen LogP contribution in [0.25, 0.3) is 0 Å². The van der Waals surface area contributed by atoms with Gasteiger partial charge in [0, 0.05) is 17.6 Å². The number of nitrogens with one attached hydrogen (secondary N) is 2. The van der Waals surface area contributed by atoms with Gasteiger partial charge in [-0.05, 0) is 43.2 Å². The van der Waals surface area contributed by atoms with Crippen LogP contribution in [0, 0.1) is 11.7 Å². The molecule has 14 heteroatoms. The number of aliphatic hydroxyl groups excluding tert-OH is 1. The van der Waals surface area contributed by atoms with Crippen LogP contribution in [0.1, 0.15) is 25.0 Å². The number of pyridine rings is 1. The minimum atomic E-state index is -4.35. The van der Waals surface area contributed by atoms with Crippen LogP contribution < -0.4 is 10.0 Å². The van der Waals surface area contributed by atoms with E-state index in [4.69, 9.17) is 0 Å². The van der Waals surface area contributed by atoms with Gasteiger partial charge in [0.1, 0.15) is 22.0 Å². The number of amides is 1. The van der Waals surface area contributed by atoms with Crippen molar-refractivity contribution in [3.63, 3.8) is 0 Å². The summed E-state index contributed by atoms with van der Waals surface area (Å²) in [5.74, 6) is -2.10. The second-order valence-electron chi connectivity index (χ2n) is 8.89. The molecule has 0 saturated heterocycles. The van der Waals surface area contributed by atoms with Gasteiger partial charge in [-0.15, -0.1) is 4.40 Å². The first-order chi connectivity index (χ1) is 16.9. The first kappa shape index (κ1) is 24.2. The second-order valence-corrected chi connectivity index (χ2v) is 12.2. The zero-order valence-electron chi connectivity index (χ0n) is 19.0. The molecule has 3 N–H and O–H groups in total. The van der Waals surface area contributed by atoms with E-state index >= 15 is 0 Å². The average Bonchev–Trinajstić information content (AvgIpc) is 3.27. The van der Waals surface area contributed by atoms with E-state index in [2.05, 4.69) is 19.4 Å². The predicted octanol–water partition coefficient (Wildman–Crippen LogP) is 2.13. The number of fused-ring (bicyclic) bond motifs is 2. The SMILES string of the molecule is CS(=O)(=O)Nc1ccc2c(c1)S(=O)(=O)N=C(C1=C(O)[C@@H]3CCC[C@@H]3N(Cc3ccc(F)cn3)C1=O)N2. The van der Waals surface area contributed by atoms with Crippen LogP contribution in [0.5, 0.6) is 0 Å². The topological polar surface area (TPSA) is 158 Å². The zero-order chi connectivity index (χ0) is 25.8. The van der Waals surface area contributed by atoms with Crippen molar-refractivity contribution >= 4 is 43.2 Å². The van der Waals surface area contributed by atoms with E-state index in [1.165, 1.54) is 29.2 Å². The molecule has 1 aromatic carbocycles. The zero-order valence-corrected chi connectivity index (χ0v) is 20.6. The molecular weight excluding hydrogens is 513 g/mol. The number of carbonyl (C=O) groups is 1. The maximum atomic E-state index is 13.6. The number of aromatic nitrogens is 1. The van der Waals surface area contributed by atoms with Gasteiger partial charge in [0.25, 0.3) is 15.9 Å². The quantitative estimate of drug-likeness (QED) is 0.525. The summed E-state index contributed by atoms with van der Waals surface area (Å²) in [7, 11) is -7.99. The Hall–Kier alpha value is -3.52. The molecule has 2 aliphatic heterocycles. The predicted molar refractivity (Wildman–Crippen MR) is 129 cm³/mol. The van der Waals surface area contributed by atoms with Gasteiger partial charge in [-0.25, -0.2) is 12.8 Å². The number of anilines is 2. The number of benzene rings is 1. The lowest BCUT2D eigenvalue weighted by atomic mass is 9.90. The first-order valence-corrected chi connectivity index (χ1v) is 14.3. The van der Waals surface area contributed by atoms with Crippen LogP contribution >= 0.6 is 0 Å². The third kappa shape index (κ3) is 4.41. The molecule has 5 rings (SSSR count). The van der Waals surface area contributed by atoms with Crippen LogP contribution in [-0.4, -0.2) is 55.9 Å². The molecule has 11 nitrogen and oxygen atoms in total. The van der Waals surface area contributed by atoms with E-state index in [0.717, 1.165) is 24.9 Å². The fourth-order valence-electron chi connectivity index (χ4n) is 4.85. The molecule has 1 aromatic heterocycles. The van der Waals surface area contributed by atoms with Gasteiger partial charge in [-0.2, -0.15) is 8.42 Å². The Morgan fingerprint density at radius 3 is 2.72 bits per heavy atom. The fraction of sp³-hybridized carbons (Fsp3) is 0.318. The van der Waals surface area contributed by atoms with Crippen LogP contribution in [0.4, 0.5) is 15.8 Å². The van der Waals surface area contributed by atoms with Crippen LogP contribution in [0.3, 0.4) is 0 Å². The molecule has 0 bridgehead atoms. The van der Waals surface area contributed by atoms with Crippen LogP contribution in [0.15, 0.2) is 57.2 Å². The van der Waals surface area contributed by atoms with E-state index in [1.807, 2.05) is 0 Å². The van der Waals surface area contributed by atoms with E-state index in [-0.39, 0.29) is 46.0 Å². The fourth-order valence-corrected chi connectivity index (χ4v) is 6.56. The molecule has 1 amide bonds. The van der Waals surface area contributed by atoms with Crippen molar-refractivity contribution in [3.8, 4) is 0 Å². The Morgan fingerprint density at radius 1 is 1.25 bits per heavy atom. The Labute approximate surface area is 206 Å². The molecule has 0 spiro atoms. The summed E-state index contributed by atoms with van der Waals surface area (Å²) in [5, 5.41) is 13.9. The molecule has 2 atom stereocenters. The highest BCUT2D eigenvalue weighted by Gasteiger charge is 2.46. The van der Waals surface area contributed by atoms with Gasteiger partial charge in [-0.1, -0.05) is 6.42 Å². The normalized spacial score (nSPS) is 23.0. The van der Waals surface area contributed by atoms with Crippen molar-refractivity contribution in [2.75, 3.05) is 16.3 Å². The van der Waals surface area contributed by atoms with E-state index in [9.17, 15) is 31.1 Å². The number of sulfonamides is 2. The Bertz CT molecular complexity index is 1540. The van der Waals surface area contributed by atoms with E-state index in [0.29, 0.717) is 18.5 Å². The van der Waals surface area contributed by atoms with Gasteiger partial charge < -0.3 is 15.3 Å². The number of carbonyl (C=O) groups excluding carboxylic acids is 1. The highest BCUT2D eigenvalue weighted by molar-refractivity contribution is 7.92. The summed E-state index contributed by atoms with van der Waals surface area (Å²) in [6.45, 7) is 0.0498. The lowest BCUT2D eigenvalue weighted by Crippen LogP contribution is -2.49. The summed E-state index contributed by atoms with van der Waals surface area (Å²) in [5.41, 5.74) is 0.293. The van der Waals surface area contributed by atoms with E-state index in [1.54, 1.807) is 0 Å². The standard InChI is InChI=1S/C22H22FN5O6S2/c1-35(31,32)26-13-7-8-16-18(9-13)36(33,34)27-21(25-16)19-20(29)15-3-2-4-17(15)28(22(19)30)11-14-6-5-12(23)10-24-14/h5-10,15,17,26,29H,2-4,11H2,1H3,(H,25,27)/t15-,17+/m1/s1. The Kier molecular flexibility index (Phi) is 5.75. The Morgan fingerprint density at radius 2 is 2.03 bits per heavy atom. The van der Waals surface area contributed by atoms with Crippen LogP contribution in [0.2, 0.25) is 0 Å². The van der Waals surface area contributed by atoms with Gasteiger partial charge in [-0.3, -0.25) is 14.5 Å². The van der Waals surface area contributed by atoms with Crippen molar-refractivity contribution < 1.29 is 31.1 Å². The number of nitrogens with zero attached hydrogens (tertiary/aromatic N) is 3. The minimum Gasteiger partial charge on any atom is -0.511 e. The minimum absolute atomic E-state index is 0.0304. The van der Waals surface area contributed by atoms with Crippen molar-refractivity contribution in [2.24, 2.45) is 10.3 Å². The maximum absolute atomic E-state index is 13.6. The lowest BCUT2D eigenvalue weighted by molar-refractivity contribution is -0.132. The summed E-state index contributed by atoms with van der Waals surface area (Å²) in [6, 6.07) is 6.21. The number of aliphatic hydroxyl groups is 1. The molecule has 3 aliphatic rings. The van der Waals surface area contributed by atoms with Gasteiger partial charge in [0.05, 0.1) is 30.4 Å². The molecule has 190 valence electrons. The monoisotopic (exact) mass is 535 g/mol.